The molecular formula is C15H22O5. The molecule has 0 fully saturated rings. The fraction of sp³-hybridized carbons (Fsp3) is 0.533. The van der Waals surface area contributed by atoms with Crippen LogP contribution in [0.1, 0.15) is 31.1 Å². The Morgan fingerprint density at radius 2 is 2.00 bits per heavy atom. The molecule has 1 N–H and O–H groups in total. The molecule has 0 aliphatic heterocycles. The lowest BCUT2D eigenvalue weighted by Gasteiger charge is -2.17. The Hall–Kier alpha value is -1.59. The molecule has 1 atom stereocenters. The fourth-order valence-corrected chi connectivity index (χ4v) is 1.58. The molecule has 0 saturated heterocycles. The van der Waals surface area contributed by atoms with Crippen LogP contribution in [0, 0.1) is 0 Å². The van der Waals surface area contributed by atoms with Gasteiger partial charge in [0.2, 0.25) is 0 Å². The Morgan fingerprint density at radius 1 is 1.25 bits per heavy atom. The number of benzene rings is 1. The molecule has 0 amide bonds. The van der Waals surface area contributed by atoms with E-state index in [1.54, 1.807) is 18.2 Å². The largest absolute Gasteiger partial charge is 0.490 e. The van der Waals surface area contributed by atoms with Gasteiger partial charge in [0.1, 0.15) is 12.7 Å². The number of hydrogen-bond acceptors (Lipinski definition) is 5. The van der Waals surface area contributed by atoms with Gasteiger partial charge in [-0.25, -0.2) is 0 Å². The lowest BCUT2D eigenvalue weighted by atomic mass is 10.2. The van der Waals surface area contributed by atoms with Crippen molar-refractivity contribution in [2.45, 2.75) is 33.0 Å². The third kappa shape index (κ3) is 5.19. The summed E-state index contributed by atoms with van der Waals surface area (Å²) in [6, 6.07) is 5.09. The minimum absolute atomic E-state index is 0.0393. The van der Waals surface area contributed by atoms with E-state index in [4.69, 9.17) is 14.2 Å². The molecule has 0 heterocycles. The average Bonchev–Trinajstić information content (AvgIpc) is 2.43. The SMILES string of the molecule is CCOc1cccc(C=O)c1OCC(O)COC(C)C. The highest BCUT2D eigenvalue weighted by Gasteiger charge is 2.13. The van der Waals surface area contributed by atoms with Crippen molar-refractivity contribution in [3.8, 4) is 11.5 Å². The molecule has 0 aromatic heterocycles. The summed E-state index contributed by atoms with van der Waals surface area (Å²) in [5, 5.41) is 9.76. The van der Waals surface area contributed by atoms with Crippen LogP contribution in [0.15, 0.2) is 18.2 Å². The van der Waals surface area contributed by atoms with E-state index in [-0.39, 0.29) is 19.3 Å². The number of aliphatic hydroxyl groups is 1. The van der Waals surface area contributed by atoms with Crippen LogP contribution in [0.2, 0.25) is 0 Å². The van der Waals surface area contributed by atoms with Gasteiger partial charge >= 0.3 is 0 Å². The number of carbonyl (C=O) groups excluding carboxylic acids is 1. The number of aliphatic hydroxyl groups excluding tert-OH is 1. The molecule has 0 saturated carbocycles. The molecule has 20 heavy (non-hydrogen) atoms. The van der Waals surface area contributed by atoms with Crippen LogP contribution in [0.5, 0.6) is 11.5 Å². The quantitative estimate of drug-likeness (QED) is 0.702. The Balaban J connectivity index is 2.67. The third-order valence-corrected chi connectivity index (χ3v) is 2.48. The van der Waals surface area contributed by atoms with Crippen molar-refractivity contribution in [2.75, 3.05) is 19.8 Å². The normalized spacial score (nSPS) is 12.2. The first-order chi connectivity index (χ1) is 9.58. The number of hydrogen-bond donors (Lipinski definition) is 1. The lowest BCUT2D eigenvalue weighted by Crippen LogP contribution is -2.25. The smallest absolute Gasteiger partial charge is 0.171 e. The van der Waals surface area contributed by atoms with Crippen LogP contribution in [0.3, 0.4) is 0 Å². The van der Waals surface area contributed by atoms with Crippen molar-refractivity contribution in [1.82, 2.24) is 0 Å². The Kier molecular flexibility index (Phi) is 7.04. The van der Waals surface area contributed by atoms with E-state index in [0.29, 0.717) is 30.0 Å². The van der Waals surface area contributed by atoms with Crippen LogP contribution in [-0.4, -0.2) is 43.4 Å². The molecule has 1 aromatic rings. The highest BCUT2D eigenvalue weighted by atomic mass is 16.5. The first-order valence-corrected chi connectivity index (χ1v) is 6.71. The van der Waals surface area contributed by atoms with Gasteiger partial charge in [-0.1, -0.05) is 6.07 Å². The standard InChI is InChI=1S/C15H22O5/c1-4-18-14-7-5-6-12(8-16)15(14)20-10-13(17)9-19-11(2)3/h5-8,11,13,17H,4,9-10H2,1-3H3. The number of ether oxygens (including phenoxy) is 3. The number of aldehydes is 1. The van der Waals surface area contributed by atoms with Crippen LogP contribution in [-0.2, 0) is 4.74 Å². The van der Waals surface area contributed by atoms with E-state index in [2.05, 4.69) is 0 Å². The van der Waals surface area contributed by atoms with E-state index >= 15 is 0 Å². The summed E-state index contributed by atoms with van der Waals surface area (Å²) in [4.78, 5) is 11.0. The van der Waals surface area contributed by atoms with Crippen LogP contribution >= 0.6 is 0 Å². The maximum atomic E-state index is 11.0. The first-order valence-electron chi connectivity index (χ1n) is 6.71. The topological polar surface area (TPSA) is 65.0 Å². The monoisotopic (exact) mass is 282 g/mol. The van der Waals surface area contributed by atoms with Gasteiger partial charge in [-0.3, -0.25) is 4.79 Å². The maximum absolute atomic E-state index is 11.0. The van der Waals surface area contributed by atoms with Gasteiger partial charge < -0.3 is 19.3 Å². The van der Waals surface area contributed by atoms with Crippen molar-refractivity contribution in [3.05, 3.63) is 23.8 Å². The highest BCUT2D eigenvalue weighted by Crippen LogP contribution is 2.30. The van der Waals surface area contributed by atoms with Crippen LogP contribution < -0.4 is 9.47 Å². The minimum Gasteiger partial charge on any atom is -0.490 e. The number of para-hydroxylation sites is 1. The minimum atomic E-state index is -0.758. The lowest BCUT2D eigenvalue weighted by molar-refractivity contribution is -0.0127. The Labute approximate surface area is 119 Å². The average molecular weight is 282 g/mol. The van der Waals surface area contributed by atoms with Gasteiger partial charge in [-0.05, 0) is 32.9 Å². The fourth-order valence-electron chi connectivity index (χ4n) is 1.58. The molecule has 5 heteroatoms. The summed E-state index contributed by atoms with van der Waals surface area (Å²) < 4.78 is 16.2. The highest BCUT2D eigenvalue weighted by molar-refractivity contribution is 5.81. The van der Waals surface area contributed by atoms with Crippen molar-refractivity contribution in [2.24, 2.45) is 0 Å². The van der Waals surface area contributed by atoms with Gasteiger partial charge in [0.05, 0.1) is 24.9 Å². The molecular weight excluding hydrogens is 260 g/mol. The van der Waals surface area contributed by atoms with E-state index in [1.165, 1.54) is 0 Å². The Bertz CT molecular complexity index is 417. The first kappa shape index (κ1) is 16.5. The van der Waals surface area contributed by atoms with Gasteiger partial charge in [0, 0.05) is 0 Å². The van der Waals surface area contributed by atoms with Crippen molar-refractivity contribution in [3.63, 3.8) is 0 Å². The zero-order valence-corrected chi connectivity index (χ0v) is 12.2. The second-order valence-corrected chi connectivity index (χ2v) is 4.57. The molecule has 1 rings (SSSR count). The molecule has 0 bridgehead atoms. The Morgan fingerprint density at radius 3 is 2.60 bits per heavy atom. The molecule has 5 nitrogen and oxygen atoms in total. The second-order valence-electron chi connectivity index (χ2n) is 4.57. The predicted octanol–water partition coefficient (Wildman–Crippen LogP) is 2.06. The number of carbonyl (C=O) groups is 1. The summed E-state index contributed by atoms with van der Waals surface area (Å²) in [5.41, 5.74) is 0.396. The van der Waals surface area contributed by atoms with E-state index in [0.717, 1.165) is 0 Å². The van der Waals surface area contributed by atoms with Crippen molar-refractivity contribution in [1.29, 1.82) is 0 Å². The maximum Gasteiger partial charge on any atom is 0.171 e. The molecule has 0 aliphatic rings. The summed E-state index contributed by atoms with van der Waals surface area (Å²) in [6.45, 7) is 6.33. The molecule has 0 radical (unpaired) electrons. The van der Waals surface area contributed by atoms with Crippen LogP contribution in [0.4, 0.5) is 0 Å². The van der Waals surface area contributed by atoms with Gasteiger partial charge in [-0.2, -0.15) is 0 Å². The second kappa shape index (κ2) is 8.55. The molecule has 0 aliphatic carbocycles. The molecule has 1 aromatic carbocycles. The van der Waals surface area contributed by atoms with Crippen molar-refractivity contribution < 1.29 is 24.1 Å². The molecule has 0 spiro atoms. The van der Waals surface area contributed by atoms with Gasteiger partial charge in [-0.15, -0.1) is 0 Å². The molecule has 112 valence electrons. The van der Waals surface area contributed by atoms with Gasteiger partial charge in [0.25, 0.3) is 0 Å². The predicted molar refractivity (Wildman–Crippen MR) is 75.6 cm³/mol. The van der Waals surface area contributed by atoms with Crippen LogP contribution in [0.25, 0.3) is 0 Å². The summed E-state index contributed by atoms with van der Waals surface area (Å²) >= 11 is 0. The third-order valence-electron chi connectivity index (χ3n) is 2.48. The number of rotatable bonds is 9. The zero-order chi connectivity index (χ0) is 15.0. The summed E-state index contributed by atoms with van der Waals surface area (Å²) in [5.74, 6) is 0.849. The zero-order valence-electron chi connectivity index (χ0n) is 12.2. The summed E-state index contributed by atoms with van der Waals surface area (Å²) in [6.07, 6.45) is -0.00744. The van der Waals surface area contributed by atoms with Gasteiger partial charge in [0.15, 0.2) is 17.8 Å². The molecule has 1 unspecified atom stereocenters. The van der Waals surface area contributed by atoms with E-state index in [9.17, 15) is 9.90 Å². The van der Waals surface area contributed by atoms with Crippen molar-refractivity contribution >= 4 is 6.29 Å². The summed E-state index contributed by atoms with van der Waals surface area (Å²) in [7, 11) is 0. The van der Waals surface area contributed by atoms with E-state index < -0.39 is 6.10 Å². The van der Waals surface area contributed by atoms with E-state index in [1.807, 2.05) is 20.8 Å².